The number of hydrogen-bond acceptors (Lipinski definition) is 1. The first kappa shape index (κ1) is 17.2. The van der Waals surface area contributed by atoms with Crippen LogP contribution in [0.15, 0.2) is 6.07 Å². The third kappa shape index (κ3) is 6.92. The number of hydrogen-bond donors (Lipinski definition) is 0. The van der Waals surface area contributed by atoms with Gasteiger partial charge >= 0.3 is 143 Å². The van der Waals surface area contributed by atoms with Gasteiger partial charge in [-0.1, -0.05) is 0 Å². The van der Waals surface area contributed by atoms with E-state index < -0.39 is 46.7 Å². The molecule has 0 N–H and O–H groups in total. The van der Waals surface area contributed by atoms with Gasteiger partial charge in [0.25, 0.3) is 0 Å². The predicted molar refractivity (Wildman–Crippen MR) is 72.4 cm³/mol. The van der Waals surface area contributed by atoms with E-state index in [1.807, 2.05) is 11.3 Å². The third-order valence-corrected chi connectivity index (χ3v) is 22.0. The van der Waals surface area contributed by atoms with E-state index in [2.05, 4.69) is 13.0 Å². The Labute approximate surface area is 141 Å². The number of aryl methyl sites for hydroxylation is 1. The van der Waals surface area contributed by atoms with E-state index in [9.17, 15) is 0 Å². The summed E-state index contributed by atoms with van der Waals surface area (Å²) in [6.45, 7) is 2.27. The van der Waals surface area contributed by atoms with Crippen LogP contribution in [0.4, 0.5) is 0 Å². The molecule has 0 aliphatic heterocycles. The third-order valence-electron chi connectivity index (χ3n) is 3.00. The summed E-state index contributed by atoms with van der Waals surface area (Å²) in [5, 5.41) is 0. The van der Waals surface area contributed by atoms with Gasteiger partial charge in [0.15, 0.2) is 0 Å². The maximum absolute atomic E-state index is 6.20. The van der Waals surface area contributed by atoms with Crippen LogP contribution in [-0.2, 0) is 53.1 Å². The van der Waals surface area contributed by atoms with Crippen LogP contribution in [0.2, 0.25) is 0 Å². The quantitative estimate of drug-likeness (QED) is 0.272. The van der Waals surface area contributed by atoms with Gasteiger partial charge in [-0.3, -0.25) is 0 Å². The van der Waals surface area contributed by atoms with Gasteiger partial charge in [-0.2, -0.15) is 0 Å². The first-order valence-corrected chi connectivity index (χ1v) is 26.4. The second kappa shape index (κ2) is 10.9. The minimum absolute atomic E-state index is 1.18. The molecule has 1 heterocycles. The molecule has 17 heavy (non-hydrogen) atoms. The molecule has 0 aromatic carbocycles. The summed E-state index contributed by atoms with van der Waals surface area (Å²) in [7, 11) is 12.3. The Hall–Kier alpha value is 2.15. The van der Waals surface area contributed by atoms with Gasteiger partial charge in [0.2, 0.25) is 0 Å². The van der Waals surface area contributed by atoms with E-state index in [1.165, 1.54) is 47.3 Å². The van der Waals surface area contributed by atoms with Crippen molar-refractivity contribution in [2.24, 2.45) is 0 Å². The van der Waals surface area contributed by atoms with Gasteiger partial charge in [0.1, 0.15) is 0 Å². The zero-order valence-corrected chi connectivity index (χ0v) is 23.9. The summed E-state index contributed by atoms with van der Waals surface area (Å²) in [4.78, 5) is 0. The zero-order valence-electron chi connectivity index (χ0n) is 10.6. The average molecular weight is 666 g/mol. The molecule has 0 radical (unpaired) electrons. The SMILES string of the molecule is CCCCCCCCc1c[c]([Hg][Cl])s[c]1[Hg][Cl]. The van der Waals surface area contributed by atoms with Crippen molar-refractivity contribution in [3.63, 3.8) is 0 Å². The molecule has 0 amide bonds. The van der Waals surface area contributed by atoms with Crippen LogP contribution in [-0.4, -0.2) is 0 Å². The van der Waals surface area contributed by atoms with Gasteiger partial charge in [0, 0.05) is 0 Å². The molecule has 1 aromatic heterocycles. The van der Waals surface area contributed by atoms with E-state index in [0.717, 1.165) is 0 Å². The van der Waals surface area contributed by atoms with E-state index in [4.69, 9.17) is 16.5 Å². The second-order valence-electron chi connectivity index (χ2n) is 4.45. The van der Waals surface area contributed by atoms with Crippen molar-refractivity contribution in [1.29, 1.82) is 0 Å². The summed E-state index contributed by atoms with van der Waals surface area (Å²) in [6.07, 6.45) is 9.53. The summed E-state index contributed by atoms with van der Waals surface area (Å²) in [5.74, 6) is 0. The van der Waals surface area contributed by atoms with Crippen molar-refractivity contribution in [2.45, 2.75) is 51.9 Å². The fourth-order valence-electron chi connectivity index (χ4n) is 2.01. The molecule has 1 rings (SSSR count). The molecule has 90 valence electrons. The van der Waals surface area contributed by atoms with Crippen molar-refractivity contribution < 1.29 is 46.7 Å². The first-order valence-electron chi connectivity index (χ1n) is 6.54. The molecule has 0 aliphatic rings. The van der Waals surface area contributed by atoms with Crippen LogP contribution in [0.5, 0.6) is 0 Å². The molecular weight excluding hydrogens is 648 g/mol. The molecule has 0 unspecified atom stereocenters. The topological polar surface area (TPSA) is 0 Å². The number of rotatable bonds is 9. The van der Waals surface area contributed by atoms with E-state index in [1.54, 1.807) is 7.95 Å². The number of unbranched alkanes of at least 4 members (excludes halogenated alkanes) is 5. The van der Waals surface area contributed by atoms with Crippen molar-refractivity contribution in [1.82, 2.24) is 0 Å². The Morgan fingerprint density at radius 3 is 2.41 bits per heavy atom. The van der Waals surface area contributed by atoms with Crippen LogP contribution in [0.3, 0.4) is 0 Å². The van der Waals surface area contributed by atoms with Crippen molar-refractivity contribution in [3.05, 3.63) is 11.6 Å². The molecule has 0 spiro atoms. The van der Waals surface area contributed by atoms with Crippen LogP contribution < -0.4 is 4.77 Å². The Bertz CT molecular complexity index is 315. The number of thiophene rings is 1. The fraction of sp³-hybridized carbons (Fsp3) is 0.667. The van der Waals surface area contributed by atoms with Crippen molar-refractivity contribution >= 4 is 32.6 Å². The Morgan fingerprint density at radius 1 is 1.06 bits per heavy atom. The molecule has 0 atom stereocenters. The van der Waals surface area contributed by atoms with Crippen LogP contribution in [0.1, 0.15) is 51.0 Å². The van der Waals surface area contributed by atoms with Gasteiger partial charge in [-0.25, -0.2) is 0 Å². The molecular formula is C12H18Cl2Hg2S. The molecule has 1 aromatic rings. The van der Waals surface area contributed by atoms with Crippen LogP contribution >= 0.6 is 27.8 Å². The molecule has 0 nitrogen and oxygen atoms in total. The summed E-state index contributed by atoms with van der Waals surface area (Å²) in [6, 6.07) is 2.39. The molecule has 5 heteroatoms. The van der Waals surface area contributed by atoms with Gasteiger partial charge in [-0.05, 0) is 0 Å². The standard InChI is InChI=1S/C12H18S.2ClH.2Hg/c1-2-3-4-5-6-7-8-12-9-10-13-11-12;;;;/h9H,2-8H2,1H3;2*1H;;/q;;;2*+1/p-2. The predicted octanol–water partition coefficient (Wildman–Crippen LogP) is 4.37. The monoisotopic (exact) mass is 668 g/mol. The van der Waals surface area contributed by atoms with Crippen LogP contribution in [0, 0.1) is 0 Å². The van der Waals surface area contributed by atoms with Gasteiger partial charge in [0.05, 0.1) is 0 Å². The summed E-state index contributed by atoms with van der Waals surface area (Å²) < 4.78 is 3.12. The molecule has 0 aliphatic carbocycles. The van der Waals surface area contributed by atoms with Gasteiger partial charge < -0.3 is 0 Å². The van der Waals surface area contributed by atoms with Crippen LogP contribution in [0.25, 0.3) is 0 Å². The van der Waals surface area contributed by atoms with E-state index in [0.29, 0.717) is 0 Å². The van der Waals surface area contributed by atoms with Gasteiger partial charge in [-0.15, -0.1) is 0 Å². The average Bonchev–Trinajstić information content (AvgIpc) is 2.76. The molecule has 0 fully saturated rings. The molecule has 0 bridgehead atoms. The number of halogens is 2. The van der Waals surface area contributed by atoms with Crippen molar-refractivity contribution in [2.75, 3.05) is 0 Å². The normalized spacial score (nSPS) is 10.1. The maximum atomic E-state index is 6.20. The van der Waals surface area contributed by atoms with E-state index >= 15 is 0 Å². The Balaban J connectivity index is 2.28. The zero-order chi connectivity index (χ0) is 12.5. The fourth-order valence-corrected chi connectivity index (χ4v) is 25.7. The first-order chi connectivity index (χ1) is 8.31. The second-order valence-corrected chi connectivity index (χ2v) is 22.1. The van der Waals surface area contributed by atoms with E-state index in [-0.39, 0.29) is 0 Å². The minimum atomic E-state index is -1.21. The summed E-state index contributed by atoms with van der Waals surface area (Å²) in [5.41, 5.74) is 1.58. The molecule has 0 saturated heterocycles. The Morgan fingerprint density at radius 2 is 1.76 bits per heavy atom. The Kier molecular flexibility index (Phi) is 11.0. The molecule has 0 saturated carbocycles. The van der Waals surface area contributed by atoms with Crippen molar-refractivity contribution in [3.8, 4) is 0 Å². The summed E-state index contributed by atoms with van der Waals surface area (Å²) >= 11 is -0.421.